The summed E-state index contributed by atoms with van der Waals surface area (Å²) in [5.41, 5.74) is 0. The lowest BCUT2D eigenvalue weighted by Crippen LogP contribution is -2.47. The zero-order chi connectivity index (χ0) is 15.8. The van der Waals surface area contributed by atoms with Crippen molar-refractivity contribution < 1.29 is 57.8 Å². The van der Waals surface area contributed by atoms with E-state index in [1.54, 1.807) is 0 Å². The summed E-state index contributed by atoms with van der Waals surface area (Å²) in [4.78, 5) is 41.0. The van der Waals surface area contributed by atoms with Gasteiger partial charge in [0, 0.05) is 0 Å². The van der Waals surface area contributed by atoms with Gasteiger partial charge in [-0.2, -0.15) is 0 Å². The van der Waals surface area contributed by atoms with E-state index < -0.39 is 53.0 Å². The lowest BCUT2D eigenvalue weighted by molar-refractivity contribution is -0.350. The van der Waals surface area contributed by atoms with Crippen molar-refractivity contribution in [2.24, 2.45) is 0 Å². The number of phosphoric ester groups is 2. The lowest BCUT2D eigenvalue weighted by Gasteiger charge is -2.34. The Balaban J connectivity index is 2.67. The molecule has 0 radical (unpaired) electrons. The average Bonchev–Trinajstić information content (AvgIpc) is 2.48. The van der Waals surface area contributed by atoms with E-state index in [1.165, 1.54) is 0 Å². The van der Waals surface area contributed by atoms with Gasteiger partial charge in [-0.05, 0) is 0 Å². The molecule has 3 N–H and O–H groups in total. The second-order valence-electron chi connectivity index (χ2n) is 3.90. The SMILES string of the molecule is O=P([O-])([O-])OC[C@@H]1O[C@](O)(COP(=O)([O-])[O-])C(O)C1O. The first-order valence-electron chi connectivity index (χ1n) is 4.93. The number of ether oxygens (including phenoxy) is 1. The molecule has 12 nitrogen and oxygen atoms in total. The molecular weight excluding hydrogens is 326 g/mol. The molecule has 1 saturated heterocycles. The smallest absolute Gasteiger partial charge is 0.219 e. The van der Waals surface area contributed by atoms with Crippen molar-refractivity contribution in [1.29, 1.82) is 0 Å². The highest BCUT2D eigenvalue weighted by molar-refractivity contribution is 7.43. The molecule has 1 fully saturated rings. The van der Waals surface area contributed by atoms with E-state index >= 15 is 0 Å². The van der Waals surface area contributed by atoms with Crippen molar-refractivity contribution in [3.05, 3.63) is 0 Å². The predicted molar refractivity (Wildman–Crippen MR) is 49.0 cm³/mol. The Labute approximate surface area is 112 Å². The van der Waals surface area contributed by atoms with Crippen LogP contribution in [0.25, 0.3) is 0 Å². The number of hydrogen-bond acceptors (Lipinski definition) is 12. The zero-order valence-electron chi connectivity index (χ0n) is 9.56. The molecule has 14 heteroatoms. The van der Waals surface area contributed by atoms with Gasteiger partial charge in [0.15, 0.2) is 0 Å². The van der Waals surface area contributed by atoms with Gasteiger partial charge in [-0.15, -0.1) is 0 Å². The molecular formula is C6H10O12P2-4. The summed E-state index contributed by atoms with van der Waals surface area (Å²) < 4.78 is 32.6. The molecule has 0 aromatic carbocycles. The van der Waals surface area contributed by atoms with Crippen LogP contribution in [0.1, 0.15) is 0 Å². The molecule has 1 aliphatic rings. The van der Waals surface area contributed by atoms with Gasteiger partial charge in [-0.3, -0.25) is 0 Å². The van der Waals surface area contributed by atoms with Crippen LogP contribution in [-0.2, 0) is 22.9 Å². The van der Waals surface area contributed by atoms with E-state index in [4.69, 9.17) is 0 Å². The minimum Gasteiger partial charge on any atom is -0.790 e. The molecule has 1 heterocycles. The minimum atomic E-state index is -5.48. The number of phosphoric acid groups is 2. The molecule has 20 heavy (non-hydrogen) atoms. The first-order chi connectivity index (χ1) is 8.84. The molecule has 0 aliphatic carbocycles. The van der Waals surface area contributed by atoms with Crippen LogP contribution in [0.3, 0.4) is 0 Å². The molecule has 1 aliphatic heterocycles. The fourth-order valence-corrected chi connectivity index (χ4v) is 2.13. The Bertz CT molecular complexity index is 428. The first kappa shape index (κ1) is 18.1. The Morgan fingerprint density at radius 3 is 2.05 bits per heavy atom. The van der Waals surface area contributed by atoms with Crippen LogP contribution >= 0.6 is 15.6 Å². The van der Waals surface area contributed by atoms with Gasteiger partial charge in [0.25, 0.3) is 0 Å². The molecule has 0 spiro atoms. The fraction of sp³-hybridized carbons (Fsp3) is 1.00. The van der Waals surface area contributed by atoms with Gasteiger partial charge >= 0.3 is 0 Å². The van der Waals surface area contributed by atoms with Crippen molar-refractivity contribution in [3.8, 4) is 0 Å². The molecule has 0 saturated carbocycles. The summed E-state index contributed by atoms with van der Waals surface area (Å²) in [6.07, 6.45) is -5.69. The molecule has 0 bridgehead atoms. The van der Waals surface area contributed by atoms with Crippen LogP contribution in [0, 0.1) is 0 Å². The van der Waals surface area contributed by atoms with Crippen molar-refractivity contribution in [2.45, 2.75) is 24.1 Å². The van der Waals surface area contributed by atoms with Crippen LogP contribution in [-0.4, -0.2) is 52.6 Å². The monoisotopic (exact) mass is 336 g/mol. The Morgan fingerprint density at radius 1 is 1.10 bits per heavy atom. The van der Waals surface area contributed by atoms with Crippen molar-refractivity contribution in [3.63, 3.8) is 0 Å². The van der Waals surface area contributed by atoms with Crippen LogP contribution in [0.5, 0.6) is 0 Å². The van der Waals surface area contributed by atoms with Gasteiger partial charge in [0.2, 0.25) is 5.79 Å². The molecule has 120 valence electrons. The zero-order valence-corrected chi connectivity index (χ0v) is 11.3. The van der Waals surface area contributed by atoms with E-state index in [9.17, 15) is 44.0 Å². The Morgan fingerprint density at radius 2 is 1.60 bits per heavy atom. The summed E-state index contributed by atoms with van der Waals surface area (Å²) in [5.74, 6) is -2.78. The second kappa shape index (κ2) is 6.05. The average molecular weight is 336 g/mol. The number of hydrogen-bond donors (Lipinski definition) is 3. The summed E-state index contributed by atoms with van der Waals surface area (Å²) in [6.45, 7) is -2.37. The summed E-state index contributed by atoms with van der Waals surface area (Å²) in [7, 11) is -10.9. The van der Waals surface area contributed by atoms with Crippen LogP contribution in [0.15, 0.2) is 0 Å². The van der Waals surface area contributed by atoms with Crippen molar-refractivity contribution in [1.82, 2.24) is 0 Å². The molecule has 0 amide bonds. The minimum absolute atomic E-state index is 1.03. The number of rotatable bonds is 6. The normalized spacial score (nSPS) is 35.5. The highest BCUT2D eigenvalue weighted by atomic mass is 31.2. The van der Waals surface area contributed by atoms with Crippen LogP contribution < -0.4 is 19.6 Å². The first-order valence-corrected chi connectivity index (χ1v) is 7.86. The Hall–Kier alpha value is 0.0600. The predicted octanol–water partition coefficient (Wildman–Crippen LogP) is -5.51. The fourth-order valence-electron chi connectivity index (χ4n) is 1.46. The van der Waals surface area contributed by atoms with Gasteiger partial charge in [0.05, 0.1) is 22.3 Å². The number of aliphatic hydroxyl groups excluding tert-OH is 2. The second-order valence-corrected chi connectivity index (χ2v) is 6.21. The topological polar surface area (TPSA) is 215 Å². The standard InChI is InChI=1S/C6H14O12P2/c7-4-3(1-16-19(10,11)12)18-6(9,5(4)8)2-17-20(13,14)15/h3-5,7-9H,1-2H2,(H2,10,11,12)(H2,13,14,15)/p-4/t3-,4?,5?,6+/m0/s1. The quantitative estimate of drug-likeness (QED) is 0.387. The maximum Gasteiger partial charge on any atom is 0.219 e. The Kier molecular flexibility index (Phi) is 5.48. The highest BCUT2D eigenvalue weighted by Crippen LogP contribution is 2.35. The van der Waals surface area contributed by atoms with Gasteiger partial charge in [-0.1, -0.05) is 0 Å². The van der Waals surface area contributed by atoms with E-state index in [1.807, 2.05) is 0 Å². The molecule has 0 aromatic heterocycles. The van der Waals surface area contributed by atoms with Crippen LogP contribution in [0.4, 0.5) is 0 Å². The molecule has 1 rings (SSSR count). The van der Waals surface area contributed by atoms with Crippen LogP contribution in [0.2, 0.25) is 0 Å². The highest BCUT2D eigenvalue weighted by Gasteiger charge is 2.53. The summed E-state index contributed by atoms with van der Waals surface area (Å²) in [6, 6.07) is 0. The molecule has 4 atom stereocenters. The molecule has 0 aromatic rings. The van der Waals surface area contributed by atoms with Crippen molar-refractivity contribution >= 4 is 15.6 Å². The van der Waals surface area contributed by atoms with E-state index in [0.717, 1.165) is 0 Å². The lowest BCUT2D eigenvalue weighted by atomic mass is 10.1. The van der Waals surface area contributed by atoms with Gasteiger partial charge < -0.3 is 57.8 Å². The largest absolute Gasteiger partial charge is 0.790 e. The van der Waals surface area contributed by atoms with E-state index in [0.29, 0.717) is 0 Å². The van der Waals surface area contributed by atoms with E-state index in [-0.39, 0.29) is 0 Å². The van der Waals surface area contributed by atoms with Crippen molar-refractivity contribution in [2.75, 3.05) is 13.2 Å². The number of aliphatic hydroxyl groups is 3. The maximum absolute atomic E-state index is 10.3. The maximum atomic E-state index is 10.3. The third-order valence-corrected chi connectivity index (χ3v) is 3.26. The third-order valence-electron chi connectivity index (χ3n) is 2.35. The van der Waals surface area contributed by atoms with Gasteiger partial charge in [0.1, 0.15) is 24.9 Å². The van der Waals surface area contributed by atoms with Gasteiger partial charge in [-0.25, -0.2) is 0 Å². The summed E-state index contributed by atoms with van der Waals surface area (Å²) >= 11 is 0. The third kappa shape index (κ3) is 5.11. The van der Waals surface area contributed by atoms with E-state index in [2.05, 4.69) is 13.8 Å². The molecule has 2 unspecified atom stereocenters. The summed E-state index contributed by atoms with van der Waals surface area (Å²) in [5, 5.41) is 28.5.